The molecule has 0 bridgehead atoms. The minimum absolute atomic E-state index is 1.21. The Morgan fingerprint density at radius 1 is 0.321 bits per heavy atom. The Bertz CT molecular complexity index is 2350. The molecule has 9 aromatic carbocycles. The largest absolute Gasteiger partial charge is 0.345 e. The molecule has 1 nitrogen and oxygen atoms in total. The lowest BCUT2D eigenvalue weighted by molar-refractivity contribution is 1.21. The summed E-state index contributed by atoms with van der Waals surface area (Å²) in [5.41, 5.74) is 3.73. The zero-order chi connectivity index (χ0) is 36.5. The molecule has 0 saturated heterocycles. The third-order valence-electron chi connectivity index (χ3n) is 10.2. The van der Waals surface area contributed by atoms with E-state index in [2.05, 4.69) is 232 Å². The summed E-state index contributed by atoms with van der Waals surface area (Å²) in [6.45, 7) is 4.59. The molecule has 2 heteroatoms. The smallest absolute Gasteiger partial charge is 0.145 e. The molecule has 0 aliphatic heterocycles. The maximum Gasteiger partial charge on any atom is 0.145 e. The Morgan fingerprint density at radius 3 is 0.962 bits per heavy atom. The molecule has 0 amide bonds. The first-order valence-corrected chi connectivity index (χ1v) is 20.8. The maximum absolute atomic E-state index is 2.44. The Hall–Kier alpha value is -6.22. The predicted molar refractivity (Wildman–Crippen MR) is 234 cm³/mol. The van der Waals surface area contributed by atoms with E-state index in [0.29, 0.717) is 0 Å². The summed E-state index contributed by atoms with van der Waals surface area (Å²) in [6, 6.07) is 77.6. The number of fused-ring (bicyclic) bond motifs is 6. The van der Waals surface area contributed by atoms with Crippen molar-refractivity contribution in [3.05, 3.63) is 224 Å². The highest BCUT2D eigenvalue weighted by atomic mass is 28.3. The molecule has 0 fully saturated rings. The van der Waals surface area contributed by atoms with Crippen molar-refractivity contribution in [2.75, 3.05) is 11.9 Å². The van der Waals surface area contributed by atoms with Crippen molar-refractivity contribution >= 4 is 67.3 Å². The van der Waals surface area contributed by atoms with E-state index in [0.717, 1.165) is 0 Å². The molecule has 0 aliphatic carbocycles. The van der Waals surface area contributed by atoms with Gasteiger partial charge in [0.05, 0.1) is 0 Å². The zero-order valence-corrected chi connectivity index (χ0v) is 31.7. The summed E-state index contributed by atoms with van der Waals surface area (Å²) in [6.07, 6.45) is 0. The number of anilines is 2. The van der Waals surface area contributed by atoms with Crippen LogP contribution >= 0.6 is 0 Å². The van der Waals surface area contributed by atoms with Gasteiger partial charge in [0, 0.05) is 18.4 Å². The summed E-state index contributed by atoms with van der Waals surface area (Å²) < 4.78 is 0. The molecule has 53 heavy (non-hydrogen) atoms. The van der Waals surface area contributed by atoms with Crippen LogP contribution in [0.15, 0.2) is 218 Å². The molecular formula is C51H45NSi. The van der Waals surface area contributed by atoms with Gasteiger partial charge in [0.1, 0.15) is 8.07 Å². The highest BCUT2D eigenvalue weighted by molar-refractivity contribution is 7.10. The lowest BCUT2D eigenvalue weighted by Gasteiger charge is -2.29. The minimum atomic E-state index is -1.88. The van der Waals surface area contributed by atoms with Crippen LogP contribution in [0.3, 0.4) is 0 Å². The molecule has 0 N–H and O–H groups in total. The average Bonchev–Trinajstić information content (AvgIpc) is 3.25. The standard InChI is InChI=1S/C19H18Si.C19H14.C13H13N/c1-20(17-11-5-2-6-12-17,18-13-7-3-8-14-18)19-15-9-4-10-16-19;1-13-10-11-18-16-8-3-2-6-14(16)15-7-4-5-9-17(15)19(18)12-13;1-14(12-8-4-2-5-9-12)13-10-6-3-7-11-13/h2-16H,1H3;2-12H,1H3;2-11H,1H3. The monoisotopic (exact) mass is 699 g/mol. The molecular weight excluding hydrogens is 655 g/mol. The molecule has 0 atom stereocenters. The Balaban J connectivity index is 0.000000125. The van der Waals surface area contributed by atoms with Crippen LogP contribution in [-0.4, -0.2) is 15.1 Å². The van der Waals surface area contributed by atoms with E-state index >= 15 is 0 Å². The first-order chi connectivity index (χ1) is 26.0. The van der Waals surface area contributed by atoms with Gasteiger partial charge in [-0.25, -0.2) is 0 Å². The van der Waals surface area contributed by atoms with Gasteiger partial charge in [-0.05, 0) is 79.1 Å². The SMILES string of the molecule is CN(c1ccccc1)c1ccccc1.C[Si](c1ccccc1)(c1ccccc1)c1ccccc1.Cc1ccc2c3ccccc3c3ccccc3c2c1. The normalized spacial score (nSPS) is 10.9. The van der Waals surface area contributed by atoms with E-state index in [-0.39, 0.29) is 0 Å². The van der Waals surface area contributed by atoms with E-state index in [1.807, 2.05) is 12.1 Å². The van der Waals surface area contributed by atoms with Gasteiger partial charge in [-0.2, -0.15) is 0 Å². The quantitative estimate of drug-likeness (QED) is 0.0982. The third kappa shape index (κ3) is 7.69. The number of nitrogens with zero attached hydrogens (tertiary/aromatic N) is 1. The van der Waals surface area contributed by atoms with Gasteiger partial charge in [0.25, 0.3) is 0 Å². The van der Waals surface area contributed by atoms with Crippen molar-refractivity contribution in [2.24, 2.45) is 0 Å². The second-order valence-electron chi connectivity index (χ2n) is 13.6. The van der Waals surface area contributed by atoms with Gasteiger partial charge in [0.15, 0.2) is 0 Å². The van der Waals surface area contributed by atoms with Crippen LogP contribution in [0.5, 0.6) is 0 Å². The van der Waals surface area contributed by atoms with Crippen LogP contribution in [0.25, 0.3) is 32.3 Å². The molecule has 9 aromatic rings. The van der Waals surface area contributed by atoms with Crippen molar-refractivity contribution < 1.29 is 0 Å². The molecule has 0 radical (unpaired) electrons. The summed E-state index contributed by atoms with van der Waals surface area (Å²) in [7, 11) is 0.196. The Labute approximate surface area is 315 Å². The number of hydrogen-bond acceptors (Lipinski definition) is 1. The summed E-state index contributed by atoms with van der Waals surface area (Å²) in [4.78, 5) is 2.17. The van der Waals surface area contributed by atoms with Crippen molar-refractivity contribution in [1.82, 2.24) is 0 Å². The van der Waals surface area contributed by atoms with Crippen LogP contribution in [0.2, 0.25) is 6.55 Å². The van der Waals surface area contributed by atoms with E-state index in [9.17, 15) is 0 Å². The first-order valence-electron chi connectivity index (χ1n) is 18.3. The van der Waals surface area contributed by atoms with Crippen LogP contribution in [0, 0.1) is 6.92 Å². The molecule has 258 valence electrons. The predicted octanol–water partition coefficient (Wildman–Crippen LogP) is 11.7. The minimum Gasteiger partial charge on any atom is -0.345 e. The van der Waals surface area contributed by atoms with Gasteiger partial charge in [-0.1, -0.05) is 206 Å². The number of rotatable bonds is 5. The second kappa shape index (κ2) is 16.4. The van der Waals surface area contributed by atoms with E-state index in [1.165, 1.54) is 64.8 Å². The highest BCUT2D eigenvalue weighted by Gasteiger charge is 2.33. The van der Waals surface area contributed by atoms with E-state index in [1.54, 1.807) is 0 Å². The van der Waals surface area contributed by atoms with E-state index in [4.69, 9.17) is 0 Å². The summed E-state index contributed by atoms with van der Waals surface area (Å²) in [5, 5.41) is 12.4. The van der Waals surface area contributed by atoms with Crippen LogP contribution in [0.1, 0.15) is 5.56 Å². The number of hydrogen-bond donors (Lipinski definition) is 0. The third-order valence-corrected chi connectivity index (χ3v) is 14.7. The Kier molecular flexibility index (Phi) is 10.9. The molecule has 0 aromatic heterocycles. The van der Waals surface area contributed by atoms with Gasteiger partial charge in [-0.3, -0.25) is 0 Å². The highest BCUT2D eigenvalue weighted by Crippen LogP contribution is 2.35. The van der Waals surface area contributed by atoms with Crippen molar-refractivity contribution in [1.29, 1.82) is 0 Å². The number of para-hydroxylation sites is 2. The van der Waals surface area contributed by atoms with Gasteiger partial charge in [0.2, 0.25) is 0 Å². The Morgan fingerprint density at radius 2 is 0.604 bits per heavy atom. The van der Waals surface area contributed by atoms with Crippen LogP contribution in [-0.2, 0) is 0 Å². The fourth-order valence-electron chi connectivity index (χ4n) is 7.29. The number of aryl methyl sites for hydroxylation is 1. The zero-order valence-electron chi connectivity index (χ0n) is 30.7. The molecule has 9 rings (SSSR count). The molecule has 0 heterocycles. The van der Waals surface area contributed by atoms with Gasteiger partial charge in [-0.15, -0.1) is 0 Å². The average molecular weight is 700 g/mol. The van der Waals surface area contributed by atoms with Crippen molar-refractivity contribution in [3.8, 4) is 0 Å². The maximum atomic E-state index is 2.44. The second-order valence-corrected chi connectivity index (χ2v) is 17.6. The number of benzene rings is 9. The fraction of sp³-hybridized carbons (Fsp3) is 0.0588. The van der Waals surface area contributed by atoms with Crippen molar-refractivity contribution in [3.63, 3.8) is 0 Å². The van der Waals surface area contributed by atoms with Gasteiger partial charge >= 0.3 is 0 Å². The lowest BCUT2D eigenvalue weighted by atomic mass is 9.93. The molecule has 0 unspecified atom stereocenters. The topological polar surface area (TPSA) is 3.24 Å². The van der Waals surface area contributed by atoms with Crippen molar-refractivity contribution in [2.45, 2.75) is 13.5 Å². The van der Waals surface area contributed by atoms with Gasteiger partial charge < -0.3 is 4.90 Å². The summed E-state index contributed by atoms with van der Waals surface area (Å²) >= 11 is 0. The molecule has 0 saturated carbocycles. The lowest BCUT2D eigenvalue weighted by Crippen LogP contribution is -2.64. The van der Waals surface area contributed by atoms with Crippen LogP contribution in [0.4, 0.5) is 11.4 Å². The summed E-state index contributed by atoms with van der Waals surface area (Å²) in [5.74, 6) is 0. The first kappa shape index (κ1) is 35.2. The van der Waals surface area contributed by atoms with Crippen LogP contribution < -0.4 is 20.5 Å². The molecule has 0 spiro atoms. The molecule has 0 aliphatic rings. The van der Waals surface area contributed by atoms with E-state index < -0.39 is 8.07 Å². The fourth-order valence-corrected chi connectivity index (χ4v) is 10.9.